The fourth-order valence-electron chi connectivity index (χ4n) is 1.75. The van der Waals surface area contributed by atoms with Crippen molar-refractivity contribution in [2.75, 3.05) is 0 Å². The van der Waals surface area contributed by atoms with Crippen molar-refractivity contribution >= 4 is 28.5 Å². The minimum absolute atomic E-state index is 0.0909. The van der Waals surface area contributed by atoms with Crippen LogP contribution in [0.2, 0.25) is 0 Å². The van der Waals surface area contributed by atoms with Gasteiger partial charge in [-0.2, -0.15) is 0 Å². The van der Waals surface area contributed by atoms with E-state index in [1.54, 1.807) is 25.1 Å². The van der Waals surface area contributed by atoms with Crippen LogP contribution in [-0.4, -0.2) is 15.5 Å². The van der Waals surface area contributed by atoms with Crippen molar-refractivity contribution in [3.05, 3.63) is 61.3 Å². The molecule has 0 aliphatic heterocycles. The number of aryl methyl sites for hydroxylation is 1. The smallest absolute Gasteiger partial charge is 0.267 e. The van der Waals surface area contributed by atoms with Crippen molar-refractivity contribution in [3.63, 3.8) is 0 Å². The SMILES string of the molecule is Cc1ncn(Cc2cccc(C(=O)NN)c2)c(=O)c1I. The van der Waals surface area contributed by atoms with Crippen LogP contribution in [0.5, 0.6) is 0 Å². The summed E-state index contributed by atoms with van der Waals surface area (Å²) in [6, 6.07) is 6.94. The average Bonchev–Trinajstić information content (AvgIpc) is 2.47. The summed E-state index contributed by atoms with van der Waals surface area (Å²) in [5, 5.41) is 0. The Hall–Kier alpha value is -1.74. The Labute approximate surface area is 129 Å². The molecule has 0 saturated heterocycles. The molecule has 2 rings (SSSR count). The lowest BCUT2D eigenvalue weighted by molar-refractivity contribution is 0.0953. The van der Waals surface area contributed by atoms with Crippen LogP contribution in [0.4, 0.5) is 0 Å². The third-order valence-electron chi connectivity index (χ3n) is 2.83. The highest BCUT2D eigenvalue weighted by molar-refractivity contribution is 14.1. The van der Waals surface area contributed by atoms with E-state index in [0.717, 1.165) is 5.56 Å². The first-order valence-corrected chi connectivity index (χ1v) is 6.92. The van der Waals surface area contributed by atoms with Crippen LogP contribution < -0.4 is 16.8 Å². The van der Waals surface area contributed by atoms with Gasteiger partial charge in [0, 0.05) is 5.56 Å². The summed E-state index contributed by atoms with van der Waals surface area (Å²) in [5.41, 5.74) is 3.98. The lowest BCUT2D eigenvalue weighted by Crippen LogP contribution is -2.30. The van der Waals surface area contributed by atoms with Crippen molar-refractivity contribution in [1.82, 2.24) is 15.0 Å². The Morgan fingerprint density at radius 2 is 2.25 bits per heavy atom. The van der Waals surface area contributed by atoms with Gasteiger partial charge in [0.25, 0.3) is 11.5 Å². The molecule has 3 N–H and O–H groups in total. The molecular formula is C13H13IN4O2. The van der Waals surface area contributed by atoms with Gasteiger partial charge in [0.1, 0.15) is 0 Å². The first-order valence-electron chi connectivity index (χ1n) is 5.84. The zero-order valence-electron chi connectivity index (χ0n) is 10.8. The first-order chi connectivity index (χ1) is 9.52. The molecule has 1 aromatic carbocycles. The van der Waals surface area contributed by atoms with Crippen molar-refractivity contribution in [2.45, 2.75) is 13.5 Å². The van der Waals surface area contributed by atoms with Gasteiger partial charge in [-0.1, -0.05) is 12.1 Å². The van der Waals surface area contributed by atoms with Gasteiger partial charge in [-0.15, -0.1) is 0 Å². The second-order valence-electron chi connectivity index (χ2n) is 4.25. The quantitative estimate of drug-likeness (QED) is 0.355. The van der Waals surface area contributed by atoms with Crippen molar-refractivity contribution < 1.29 is 4.79 Å². The Morgan fingerprint density at radius 3 is 2.95 bits per heavy atom. The topological polar surface area (TPSA) is 90.0 Å². The Bertz CT molecular complexity index is 712. The number of rotatable bonds is 3. The van der Waals surface area contributed by atoms with E-state index in [0.29, 0.717) is 21.4 Å². The summed E-state index contributed by atoms with van der Waals surface area (Å²) >= 11 is 1.98. The summed E-state index contributed by atoms with van der Waals surface area (Å²) in [6.07, 6.45) is 1.51. The second-order valence-corrected chi connectivity index (χ2v) is 5.33. The highest BCUT2D eigenvalue weighted by Gasteiger charge is 2.08. The molecule has 0 aliphatic carbocycles. The van der Waals surface area contributed by atoms with E-state index in [1.807, 2.05) is 28.7 Å². The predicted molar refractivity (Wildman–Crippen MR) is 83.1 cm³/mol. The zero-order chi connectivity index (χ0) is 14.7. The Balaban J connectivity index is 2.34. The second kappa shape index (κ2) is 6.14. The number of benzene rings is 1. The summed E-state index contributed by atoms with van der Waals surface area (Å²) in [5.74, 6) is 4.74. The zero-order valence-corrected chi connectivity index (χ0v) is 12.9. The van der Waals surface area contributed by atoms with Crippen LogP contribution in [0.1, 0.15) is 21.6 Å². The standard InChI is InChI=1S/C13H13IN4O2/c1-8-11(14)13(20)18(7-16-8)6-9-3-2-4-10(5-9)12(19)17-15/h2-5,7H,6,15H2,1H3,(H,17,19). The molecule has 1 heterocycles. The van der Waals surface area contributed by atoms with Gasteiger partial charge in [-0.25, -0.2) is 10.8 Å². The van der Waals surface area contributed by atoms with Crippen LogP contribution >= 0.6 is 22.6 Å². The van der Waals surface area contributed by atoms with E-state index < -0.39 is 0 Å². The van der Waals surface area contributed by atoms with Crippen LogP contribution in [-0.2, 0) is 6.54 Å². The molecular weight excluding hydrogens is 371 g/mol. The number of hydrogen-bond acceptors (Lipinski definition) is 4. The highest BCUT2D eigenvalue weighted by Crippen LogP contribution is 2.07. The molecule has 0 radical (unpaired) electrons. The molecule has 6 nitrogen and oxygen atoms in total. The molecule has 0 bridgehead atoms. The van der Waals surface area contributed by atoms with Gasteiger partial charge in [-0.3, -0.25) is 19.6 Å². The van der Waals surface area contributed by atoms with E-state index in [-0.39, 0.29) is 11.5 Å². The number of amides is 1. The molecule has 0 saturated carbocycles. The summed E-state index contributed by atoms with van der Waals surface area (Å²) in [6.45, 7) is 2.15. The number of carbonyl (C=O) groups excluding carboxylic acids is 1. The summed E-state index contributed by atoms with van der Waals surface area (Å²) in [4.78, 5) is 27.7. The molecule has 0 spiro atoms. The number of aromatic nitrogens is 2. The molecule has 1 aromatic heterocycles. The van der Waals surface area contributed by atoms with Gasteiger partial charge in [0.05, 0.1) is 22.1 Å². The number of carbonyl (C=O) groups is 1. The normalized spacial score (nSPS) is 10.3. The van der Waals surface area contributed by atoms with E-state index >= 15 is 0 Å². The van der Waals surface area contributed by atoms with Gasteiger partial charge in [-0.05, 0) is 47.2 Å². The summed E-state index contributed by atoms with van der Waals surface area (Å²) < 4.78 is 2.11. The number of nitrogens with one attached hydrogen (secondary N) is 1. The third-order valence-corrected chi connectivity index (χ3v) is 4.07. The molecule has 2 aromatic rings. The lowest BCUT2D eigenvalue weighted by atomic mass is 10.1. The molecule has 0 atom stereocenters. The summed E-state index contributed by atoms with van der Waals surface area (Å²) in [7, 11) is 0. The molecule has 7 heteroatoms. The average molecular weight is 384 g/mol. The van der Waals surface area contributed by atoms with Gasteiger partial charge in [0.2, 0.25) is 0 Å². The molecule has 0 fully saturated rings. The lowest BCUT2D eigenvalue weighted by Gasteiger charge is -2.08. The van der Waals surface area contributed by atoms with Crippen LogP contribution in [0, 0.1) is 10.5 Å². The van der Waals surface area contributed by atoms with E-state index in [4.69, 9.17) is 5.84 Å². The van der Waals surface area contributed by atoms with Gasteiger partial charge < -0.3 is 0 Å². The molecule has 0 aliphatic rings. The Kier molecular flexibility index (Phi) is 4.50. The molecule has 0 unspecified atom stereocenters. The van der Waals surface area contributed by atoms with Gasteiger partial charge in [0.15, 0.2) is 0 Å². The van der Waals surface area contributed by atoms with Crippen molar-refractivity contribution in [2.24, 2.45) is 5.84 Å². The van der Waals surface area contributed by atoms with Crippen LogP contribution in [0.15, 0.2) is 35.4 Å². The maximum atomic E-state index is 12.1. The number of nitrogen functional groups attached to an aromatic ring is 1. The third kappa shape index (κ3) is 3.05. The van der Waals surface area contributed by atoms with E-state index in [2.05, 4.69) is 10.4 Å². The minimum atomic E-state index is -0.365. The maximum Gasteiger partial charge on any atom is 0.267 e. The highest BCUT2D eigenvalue weighted by atomic mass is 127. The van der Waals surface area contributed by atoms with Gasteiger partial charge >= 0.3 is 0 Å². The molecule has 1 amide bonds. The monoisotopic (exact) mass is 384 g/mol. The number of hydrogen-bond donors (Lipinski definition) is 2. The number of nitrogens with zero attached hydrogens (tertiary/aromatic N) is 2. The predicted octanol–water partition coefficient (Wildman–Crippen LogP) is 0.808. The first kappa shape index (κ1) is 14.7. The Morgan fingerprint density at radius 1 is 1.50 bits per heavy atom. The fraction of sp³-hybridized carbons (Fsp3) is 0.154. The van der Waals surface area contributed by atoms with E-state index in [9.17, 15) is 9.59 Å². The molecule has 104 valence electrons. The van der Waals surface area contributed by atoms with Crippen LogP contribution in [0.25, 0.3) is 0 Å². The van der Waals surface area contributed by atoms with E-state index in [1.165, 1.54) is 10.9 Å². The van der Waals surface area contributed by atoms with Crippen molar-refractivity contribution in [1.29, 1.82) is 0 Å². The number of nitrogens with two attached hydrogens (primary N) is 1. The number of hydrazine groups is 1. The van der Waals surface area contributed by atoms with Crippen molar-refractivity contribution in [3.8, 4) is 0 Å². The minimum Gasteiger partial charge on any atom is -0.294 e. The molecule has 20 heavy (non-hydrogen) atoms. The number of halogens is 1. The largest absolute Gasteiger partial charge is 0.294 e. The fourth-order valence-corrected chi connectivity index (χ4v) is 2.20. The maximum absolute atomic E-state index is 12.1. The van der Waals surface area contributed by atoms with Crippen LogP contribution in [0.3, 0.4) is 0 Å².